The Balaban J connectivity index is 1.56. The topological polar surface area (TPSA) is 52.7 Å². The molecule has 1 N–H and O–H groups in total. The monoisotopic (exact) mass is 547 g/mol. The molecular weight excluding hydrogens is 530 g/mol. The molecule has 2 aliphatic rings. The van der Waals surface area contributed by atoms with Gasteiger partial charge in [0.05, 0.1) is 0 Å². The third-order valence-electron chi connectivity index (χ3n) is 4.86. The molecule has 148 valence electrons. The number of thiocarbonyl (C=S) groups is 1. The number of rotatable bonds is 2. The Kier molecular flexibility index (Phi) is 4.95. The van der Waals surface area contributed by atoms with Gasteiger partial charge in [-0.2, -0.15) is 0 Å². The number of anilines is 3. The van der Waals surface area contributed by atoms with Gasteiger partial charge in [-0.3, -0.25) is 0 Å². The van der Waals surface area contributed by atoms with Crippen LogP contribution in [0.1, 0.15) is 4.88 Å². The third kappa shape index (κ3) is 3.26. The summed E-state index contributed by atoms with van der Waals surface area (Å²) in [5, 5.41) is 3.72. The van der Waals surface area contributed by atoms with Crippen LogP contribution in [0.5, 0.6) is 0 Å². The molecule has 1 saturated heterocycles. The SMILES string of the molecule is CN1C(=O)/C(=C/c2ccc(N3c4ccccc4[Te]c4ccccc43)s2)C(=O)NC1=S. The van der Waals surface area contributed by atoms with E-state index in [2.05, 4.69) is 58.7 Å². The molecule has 3 aromatic rings. The van der Waals surface area contributed by atoms with Gasteiger partial charge in [0, 0.05) is 0 Å². The van der Waals surface area contributed by atoms with Gasteiger partial charge >= 0.3 is 194 Å². The van der Waals surface area contributed by atoms with E-state index < -0.39 is 32.7 Å². The summed E-state index contributed by atoms with van der Waals surface area (Å²) >= 11 is 6.11. The van der Waals surface area contributed by atoms with Crippen LogP contribution >= 0.6 is 23.6 Å². The molecule has 0 spiro atoms. The first kappa shape index (κ1) is 19.5. The molecule has 30 heavy (non-hydrogen) atoms. The number of hydrogen-bond donors (Lipinski definition) is 1. The summed E-state index contributed by atoms with van der Waals surface area (Å²) in [5.41, 5.74) is 2.50. The number of carbonyl (C=O) groups excluding carboxylic acids is 2. The summed E-state index contributed by atoms with van der Waals surface area (Å²) in [7, 11) is 1.56. The van der Waals surface area contributed by atoms with E-state index in [1.165, 1.54) is 23.5 Å². The number of carbonyl (C=O) groups is 2. The molecule has 8 heteroatoms. The number of fused-ring (bicyclic) bond motifs is 2. The number of likely N-dealkylation sites (N-methyl/N-ethyl adjacent to an activating group) is 1. The van der Waals surface area contributed by atoms with Crippen molar-refractivity contribution in [3.8, 4) is 0 Å². The van der Waals surface area contributed by atoms with Crippen LogP contribution in [-0.2, 0) is 9.59 Å². The number of amides is 2. The molecule has 0 aliphatic carbocycles. The molecular formula is C22H15N3O2S2Te. The molecule has 5 nitrogen and oxygen atoms in total. The number of para-hydroxylation sites is 2. The first-order valence-corrected chi connectivity index (χ1v) is 12.7. The third-order valence-corrected chi connectivity index (χ3v) is 9.48. The summed E-state index contributed by atoms with van der Waals surface area (Å²) < 4.78 is 2.79. The molecule has 2 aromatic carbocycles. The molecule has 0 saturated carbocycles. The Bertz CT molecular complexity index is 1200. The Morgan fingerprint density at radius 2 is 1.60 bits per heavy atom. The normalized spacial score (nSPS) is 17.1. The van der Waals surface area contributed by atoms with E-state index in [9.17, 15) is 9.59 Å². The zero-order chi connectivity index (χ0) is 20.8. The molecule has 5 rings (SSSR count). The van der Waals surface area contributed by atoms with Crippen LogP contribution in [0.2, 0.25) is 0 Å². The second-order valence-corrected chi connectivity index (χ2v) is 11.3. The van der Waals surface area contributed by atoms with Crippen LogP contribution in [0.15, 0.2) is 66.2 Å². The Morgan fingerprint density at radius 1 is 0.967 bits per heavy atom. The second-order valence-electron chi connectivity index (χ2n) is 6.73. The van der Waals surface area contributed by atoms with Crippen molar-refractivity contribution >= 4 is 91.1 Å². The molecule has 0 radical (unpaired) electrons. The number of benzene rings is 2. The van der Waals surface area contributed by atoms with Crippen molar-refractivity contribution in [1.82, 2.24) is 10.2 Å². The first-order valence-electron chi connectivity index (χ1n) is 9.14. The van der Waals surface area contributed by atoms with Crippen LogP contribution in [0.25, 0.3) is 6.08 Å². The van der Waals surface area contributed by atoms with E-state index in [1.807, 2.05) is 12.1 Å². The number of nitrogens with zero attached hydrogens (tertiary/aromatic N) is 2. The summed E-state index contributed by atoms with van der Waals surface area (Å²) in [6, 6.07) is 21.0. The molecule has 0 unspecified atom stereocenters. The van der Waals surface area contributed by atoms with Crippen molar-refractivity contribution < 1.29 is 9.59 Å². The maximum absolute atomic E-state index is 12.5. The predicted molar refractivity (Wildman–Crippen MR) is 126 cm³/mol. The van der Waals surface area contributed by atoms with E-state index in [4.69, 9.17) is 12.2 Å². The zero-order valence-electron chi connectivity index (χ0n) is 15.8. The first-order chi connectivity index (χ1) is 14.5. The van der Waals surface area contributed by atoms with E-state index >= 15 is 0 Å². The van der Waals surface area contributed by atoms with Gasteiger partial charge in [-0.15, -0.1) is 0 Å². The van der Waals surface area contributed by atoms with E-state index in [1.54, 1.807) is 24.5 Å². The molecule has 1 aromatic heterocycles. The fourth-order valence-corrected chi connectivity index (χ4v) is 7.54. The maximum atomic E-state index is 12.5. The van der Waals surface area contributed by atoms with Gasteiger partial charge in [-0.05, 0) is 0 Å². The Morgan fingerprint density at radius 3 is 2.27 bits per heavy atom. The van der Waals surface area contributed by atoms with Gasteiger partial charge in [0.15, 0.2) is 0 Å². The van der Waals surface area contributed by atoms with E-state index in [0.717, 1.165) is 9.88 Å². The zero-order valence-corrected chi connectivity index (χ0v) is 19.7. The minimum atomic E-state index is -0.461. The van der Waals surface area contributed by atoms with Gasteiger partial charge in [-0.25, -0.2) is 0 Å². The number of nitrogens with one attached hydrogen (secondary N) is 1. The summed E-state index contributed by atoms with van der Waals surface area (Å²) in [5.74, 6) is -0.852. The van der Waals surface area contributed by atoms with Gasteiger partial charge in [0.1, 0.15) is 0 Å². The van der Waals surface area contributed by atoms with Crippen molar-refractivity contribution in [3.63, 3.8) is 0 Å². The molecule has 3 heterocycles. The summed E-state index contributed by atoms with van der Waals surface area (Å²) in [4.78, 5) is 29.2. The van der Waals surface area contributed by atoms with Crippen molar-refractivity contribution in [2.75, 3.05) is 11.9 Å². The average Bonchev–Trinajstić information content (AvgIpc) is 3.21. The molecule has 2 amide bonds. The van der Waals surface area contributed by atoms with Crippen LogP contribution in [0, 0.1) is 0 Å². The molecule has 2 aliphatic heterocycles. The van der Waals surface area contributed by atoms with E-state index in [0.29, 0.717) is 0 Å². The Labute approximate surface area is 193 Å². The molecule has 1 fully saturated rings. The molecule has 0 bridgehead atoms. The predicted octanol–water partition coefficient (Wildman–Crippen LogP) is 2.44. The summed E-state index contributed by atoms with van der Waals surface area (Å²) in [6.45, 7) is 0. The van der Waals surface area contributed by atoms with Crippen LogP contribution < -0.4 is 17.4 Å². The number of hydrogen-bond acceptors (Lipinski definition) is 5. The number of thiophene rings is 1. The van der Waals surface area contributed by atoms with Gasteiger partial charge < -0.3 is 0 Å². The Hall–Kier alpha value is -2.50. The second kappa shape index (κ2) is 7.64. The van der Waals surface area contributed by atoms with Crippen molar-refractivity contribution in [2.24, 2.45) is 0 Å². The average molecular weight is 545 g/mol. The minimum absolute atomic E-state index is 0.0888. The standard InChI is InChI=1S/C22H15N3O2S2Te/c1-24-21(27)14(20(26)23-22(24)28)12-13-10-11-19(29-13)25-15-6-2-4-8-17(15)30-18-9-5-3-7-16(18)25/h2-12H,1H3,(H,23,26,28)/b14-12+. The fraction of sp³-hybridized carbons (Fsp3) is 0.0455. The van der Waals surface area contributed by atoms with Crippen molar-refractivity contribution in [2.45, 2.75) is 0 Å². The quantitative estimate of drug-likeness (QED) is 0.182. The van der Waals surface area contributed by atoms with Crippen LogP contribution in [-0.4, -0.2) is 49.8 Å². The van der Waals surface area contributed by atoms with Gasteiger partial charge in [0.25, 0.3) is 0 Å². The summed E-state index contributed by atoms with van der Waals surface area (Å²) in [6.07, 6.45) is 1.64. The molecule has 0 atom stereocenters. The van der Waals surface area contributed by atoms with Crippen LogP contribution in [0.4, 0.5) is 16.4 Å². The van der Waals surface area contributed by atoms with Gasteiger partial charge in [0.2, 0.25) is 0 Å². The van der Waals surface area contributed by atoms with Crippen molar-refractivity contribution in [3.05, 3.63) is 71.1 Å². The van der Waals surface area contributed by atoms with Crippen molar-refractivity contribution in [1.29, 1.82) is 0 Å². The fourth-order valence-electron chi connectivity index (χ4n) is 3.37. The van der Waals surface area contributed by atoms with Gasteiger partial charge in [-0.1, -0.05) is 0 Å². The van der Waals surface area contributed by atoms with E-state index in [-0.39, 0.29) is 10.7 Å². The van der Waals surface area contributed by atoms with Crippen LogP contribution in [0.3, 0.4) is 0 Å².